The van der Waals surface area contributed by atoms with Gasteiger partial charge in [-0.2, -0.15) is 0 Å². The molecule has 2 heterocycles. The smallest absolute Gasteiger partial charge is 0.410 e. The molecule has 0 radical (unpaired) electrons. The van der Waals surface area contributed by atoms with Crippen LogP contribution in [0.1, 0.15) is 54.4 Å². The van der Waals surface area contributed by atoms with Crippen molar-refractivity contribution in [2.75, 3.05) is 19.7 Å². The van der Waals surface area contributed by atoms with E-state index in [1.807, 2.05) is 41.5 Å². The van der Waals surface area contributed by atoms with Crippen molar-refractivity contribution in [3.8, 4) is 0 Å². The maximum Gasteiger partial charge on any atom is 0.410 e. The minimum Gasteiger partial charge on any atom is -0.444 e. The maximum absolute atomic E-state index is 12.7. The zero-order chi connectivity index (χ0) is 18.1. The normalized spacial score (nSPS) is 30.1. The maximum atomic E-state index is 12.7. The number of nitrogens with one attached hydrogen (secondary N) is 1. The van der Waals surface area contributed by atoms with Crippen LogP contribution in [-0.2, 0) is 14.3 Å². The van der Waals surface area contributed by atoms with Crippen LogP contribution in [0, 0.1) is 11.8 Å². The third kappa shape index (κ3) is 5.10. The Morgan fingerprint density at radius 3 is 2.50 bits per heavy atom. The molecule has 6 nitrogen and oxygen atoms in total. The van der Waals surface area contributed by atoms with Gasteiger partial charge in [-0.1, -0.05) is 6.92 Å². The van der Waals surface area contributed by atoms with Gasteiger partial charge in [0, 0.05) is 25.7 Å². The van der Waals surface area contributed by atoms with Gasteiger partial charge in [-0.3, -0.25) is 4.79 Å². The second-order valence-corrected chi connectivity index (χ2v) is 8.78. The molecule has 0 aromatic heterocycles. The van der Waals surface area contributed by atoms with E-state index >= 15 is 0 Å². The zero-order valence-electron chi connectivity index (χ0n) is 15.8. The highest BCUT2D eigenvalue weighted by Crippen LogP contribution is 2.27. The van der Waals surface area contributed by atoms with Crippen LogP contribution in [0.25, 0.3) is 0 Å². The fourth-order valence-corrected chi connectivity index (χ4v) is 3.45. The molecule has 0 spiro atoms. The minimum absolute atomic E-state index is 0.0382. The number of likely N-dealkylation sites (tertiary alicyclic amines) is 1. The molecule has 1 unspecified atom stereocenters. The summed E-state index contributed by atoms with van der Waals surface area (Å²) in [6.45, 7) is 13.3. The summed E-state index contributed by atoms with van der Waals surface area (Å²) in [7, 11) is 0. The molecule has 2 aliphatic heterocycles. The number of amides is 2. The fraction of sp³-hybridized carbons (Fsp3) is 0.889. The first-order valence-electron chi connectivity index (χ1n) is 8.89. The van der Waals surface area contributed by atoms with Crippen molar-refractivity contribution in [2.24, 2.45) is 11.8 Å². The summed E-state index contributed by atoms with van der Waals surface area (Å²) in [4.78, 5) is 26.5. The highest BCUT2D eigenvalue weighted by atomic mass is 16.6. The van der Waals surface area contributed by atoms with Crippen LogP contribution < -0.4 is 5.32 Å². The molecule has 2 rings (SSSR count). The van der Waals surface area contributed by atoms with Crippen molar-refractivity contribution in [3.63, 3.8) is 0 Å². The Balaban J connectivity index is 1.90. The van der Waals surface area contributed by atoms with Crippen LogP contribution in [0.4, 0.5) is 4.79 Å². The quantitative estimate of drug-likeness (QED) is 0.839. The van der Waals surface area contributed by atoms with Gasteiger partial charge in [-0.15, -0.1) is 0 Å². The van der Waals surface area contributed by atoms with E-state index in [0.717, 1.165) is 12.8 Å². The molecule has 0 aliphatic carbocycles. The Bertz CT molecular complexity index is 484. The molecule has 3 atom stereocenters. The fourth-order valence-electron chi connectivity index (χ4n) is 3.45. The van der Waals surface area contributed by atoms with Crippen LogP contribution in [0.5, 0.6) is 0 Å². The van der Waals surface area contributed by atoms with Crippen molar-refractivity contribution in [2.45, 2.75) is 71.6 Å². The monoisotopic (exact) mass is 340 g/mol. The summed E-state index contributed by atoms with van der Waals surface area (Å²) in [5, 5.41) is 3.16. The standard InChI is InChI=1S/C18H32N2O4/c1-12-10-20(16(22)24-17(2,3)4)11-14(12)15(21)19-13-7-8-23-18(5,6)9-13/h12-14H,7-11H2,1-6H3,(H,19,21)/t12-,13?,14-/m1/s1. The molecular formula is C18H32N2O4. The third-order valence-electron chi connectivity index (χ3n) is 4.64. The van der Waals surface area contributed by atoms with E-state index in [1.165, 1.54) is 0 Å². The van der Waals surface area contributed by atoms with Crippen LogP contribution in [0.3, 0.4) is 0 Å². The van der Waals surface area contributed by atoms with E-state index in [9.17, 15) is 9.59 Å². The van der Waals surface area contributed by atoms with Crippen LogP contribution >= 0.6 is 0 Å². The lowest BCUT2D eigenvalue weighted by Crippen LogP contribution is -2.48. The predicted molar refractivity (Wildman–Crippen MR) is 91.7 cm³/mol. The molecule has 2 fully saturated rings. The lowest BCUT2D eigenvalue weighted by molar-refractivity contribution is -0.128. The number of rotatable bonds is 2. The predicted octanol–water partition coefficient (Wildman–Crippen LogP) is 2.56. The first kappa shape index (κ1) is 19.0. The Hall–Kier alpha value is -1.30. The molecule has 24 heavy (non-hydrogen) atoms. The van der Waals surface area contributed by atoms with Gasteiger partial charge < -0.3 is 19.7 Å². The Morgan fingerprint density at radius 1 is 1.25 bits per heavy atom. The van der Waals surface area contributed by atoms with Gasteiger partial charge in [-0.05, 0) is 53.4 Å². The second kappa shape index (κ2) is 6.90. The van der Waals surface area contributed by atoms with Gasteiger partial charge in [0.1, 0.15) is 5.60 Å². The molecule has 0 bridgehead atoms. The van der Waals surface area contributed by atoms with Gasteiger partial charge in [0.05, 0.1) is 11.5 Å². The van der Waals surface area contributed by atoms with Gasteiger partial charge in [0.2, 0.25) is 5.91 Å². The first-order valence-corrected chi connectivity index (χ1v) is 8.89. The van der Waals surface area contributed by atoms with Gasteiger partial charge in [0.25, 0.3) is 0 Å². The molecular weight excluding hydrogens is 308 g/mol. The van der Waals surface area contributed by atoms with Crippen molar-refractivity contribution < 1.29 is 19.1 Å². The molecule has 0 aromatic carbocycles. The molecule has 2 aliphatic rings. The number of carbonyl (C=O) groups excluding carboxylic acids is 2. The number of nitrogens with zero attached hydrogens (tertiary/aromatic N) is 1. The van der Waals surface area contributed by atoms with Crippen LogP contribution in [-0.4, -0.2) is 53.8 Å². The molecule has 1 N–H and O–H groups in total. The van der Waals surface area contributed by atoms with Gasteiger partial charge >= 0.3 is 6.09 Å². The number of ether oxygens (including phenoxy) is 2. The van der Waals surface area contributed by atoms with E-state index < -0.39 is 5.60 Å². The lowest BCUT2D eigenvalue weighted by atomic mass is 9.92. The lowest BCUT2D eigenvalue weighted by Gasteiger charge is -2.36. The van der Waals surface area contributed by atoms with E-state index in [4.69, 9.17) is 9.47 Å². The van der Waals surface area contributed by atoms with Gasteiger partial charge in [0.15, 0.2) is 0 Å². The molecule has 2 amide bonds. The number of hydrogen-bond acceptors (Lipinski definition) is 4. The summed E-state index contributed by atoms with van der Waals surface area (Å²) >= 11 is 0. The van der Waals surface area contributed by atoms with Crippen molar-refractivity contribution in [3.05, 3.63) is 0 Å². The largest absolute Gasteiger partial charge is 0.444 e. The first-order chi connectivity index (χ1) is 11.0. The molecule has 0 saturated carbocycles. The Morgan fingerprint density at radius 2 is 1.92 bits per heavy atom. The van der Waals surface area contributed by atoms with E-state index in [2.05, 4.69) is 5.32 Å². The average Bonchev–Trinajstić information content (AvgIpc) is 2.78. The van der Waals surface area contributed by atoms with Crippen LogP contribution in [0.2, 0.25) is 0 Å². The Kier molecular flexibility index (Phi) is 5.47. The second-order valence-electron chi connectivity index (χ2n) is 8.78. The van der Waals surface area contributed by atoms with E-state index in [0.29, 0.717) is 19.7 Å². The molecule has 0 aromatic rings. The summed E-state index contributed by atoms with van der Waals surface area (Å²) in [5.41, 5.74) is -0.714. The van der Waals surface area contributed by atoms with Crippen LogP contribution in [0.15, 0.2) is 0 Å². The Labute approximate surface area is 145 Å². The van der Waals surface area contributed by atoms with E-state index in [-0.39, 0.29) is 35.5 Å². The van der Waals surface area contributed by atoms with Crippen molar-refractivity contribution in [1.29, 1.82) is 0 Å². The highest BCUT2D eigenvalue weighted by molar-refractivity contribution is 5.81. The number of hydrogen-bond donors (Lipinski definition) is 1. The summed E-state index contributed by atoms with van der Waals surface area (Å²) in [6, 6.07) is 0.143. The SMILES string of the molecule is C[C@@H]1CN(C(=O)OC(C)(C)C)C[C@H]1C(=O)NC1CCOC(C)(C)C1. The minimum atomic E-state index is -0.519. The van der Waals surface area contributed by atoms with Crippen molar-refractivity contribution in [1.82, 2.24) is 10.2 Å². The third-order valence-corrected chi connectivity index (χ3v) is 4.64. The molecule has 6 heteroatoms. The summed E-state index contributed by atoms with van der Waals surface area (Å²) in [6.07, 6.45) is 1.32. The highest BCUT2D eigenvalue weighted by Gasteiger charge is 2.40. The summed E-state index contributed by atoms with van der Waals surface area (Å²) in [5.74, 6) is -0.00916. The van der Waals surface area contributed by atoms with Gasteiger partial charge in [-0.25, -0.2) is 4.79 Å². The average molecular weight is 340 g/mol. The van der Waals surface area contributed by atoms with E-state index in [1.54, 1.807) is 4.90 Å². The zero-order valence-corrected chi connectivity index (χ0v) is 15.8. The molecule has 2 saturated heterocycles. The topological polar surface area (TPSA) is 67.9 Å². The summed E-state index contributed by atoms with van der Waals surface area (Å²) < 4.78 is 11.1. The van der Waals surface area contributed by atoms with Crippen molar-refractivity contribution >= 4 is 12.0 Å². The molecule has 138 valence electrons. The number of carbonyl (C=O) groups is 2.